The molecule has 1 aromatic rings. The van der Waals surface area contributed by atoms with Crippen LogP contribution in [0.2, 0.25) is 0 Å². The highest BCUT2D eigenvalue weighted by atomic mass is 19.3. The topological polar surface area (TPSA) is 66.8 Å². The van der Waals surface area contributed by atoms with Crippen LogP contribution in [-0.4, -0.2) is 29.4 Å². The number of carboxylic acid groups (broad SMARTS) is 1. The lowest BCUT2D eigenvalue weighted by Gasteiger charge is -2.14. The Morgan fingerprint density at radius 1 is 1.33 bits per heavy atom. The quantitative estimate of drug-likeness (QED) is 0.737. The number of alkyl halides is 2. The van der Waals surface area contributed by atoms with Gasteiger partial charge in [0, 0.05) is 12.2 Å². The van der Waals surface area contributed by atoms with Crippen LogP contribution in [0.4, 0.5) is 8.78 Å². The Bertz CT molecular complexity index is 395. The number of rotatable bonds is 7. The number of aliphatic carboxylic acids is 1. The molecule has 0 bridgehead atoms. The van der Waals surface area contributed by atoms with Crippen molar-refractivity contribution in [2.24, 2.45) is 0 Å². The first kappa shape index (κ1) is 14.5. The minimum Gasteiger partial charge on any atom is -0.479 e. The Morgan fingerprint density at radius 2 is 2.00 bits per heavy atom. The molecule has 1 atom stereocenters. The molecule has 0 aromatic heterocycles. The minimum absolute atomic E-state index is 0.0480. The molecule has 0 aliphatic carbocycles. The Hall–Kier alpha value is -1.53. The number of halogens is 2. The van der Waals surface area contributed by atoms with Crippen LogP contribution in [-0.2, 0) is 9.53 Å². The number of ether oxygens (including phenoxy) is 1. The smallest absolute Gasteiger partial charge is 0.337 e. The normalized spacial score (nSPS) is 12.7. The molecule has 0 saturated heterocycles. The molecule has 0 radical (unpaired) electrons. The van der Waals surface area contributed by atoms with Crippen LogP contribution in [0.3, 0.4) is 0 Å². The highest BCUT2D eigenvalue weighted by Crippen LogP contribution is 2.24. The molecule has 18 heavy (non-hydrogen) atoms. The second-order valence-corrected chi connectivity index (χ2v) is 3.64. The molecule has 1 unspecified atom stereocenters. The van der Waals surface area contributed by atoms with Gasteiger partial charge in [0.05, 0.1) is 6.61 Å². The van der Waals surface area contributed by atoms with E-state index < -0.39 is 18.5 Å². The Morgan fingerprint density at radius 3 is 2.56 bits per heavy atom. The average molecular weight is 260 g/mol. The van der Waals surface area contributed by atoms with Crippen molar-refractivity contribution in [3.05, 3.63) is 35.4 Å². The zero-order valence-corrected chi connectivity index (χ0v) is 9.55. The molecule has 1 aromatic carbocycles. The van der Waals surface area contributed by atoms with Gasteiger partial charge in [0.25, 0.3) is 6.43 Å². The van der Waals surface area contributed by atoms with Crippen molar-refractivity contribution in [2.75, 3.05) is 13.2 Å². The van der Waals surface area contributed by atoms with Crippen molar-refractivity contribution in [1.82, 2.24) is 0 Å². The van der Waals surface area contributed by atoms with Gasteiger partial charge in [-0.2, -0.15) is 0 Å². The first-order valence-electron chi connectivity index (χ1n) is 5.39. The number of carboxylic acids is 1. The molecule has 4 nitrogen and oxygen atoms in total. The number of aliphatic hydroxyl groups is 1. The van der Waals surface area contributed by atoms with E-state index in [-0.39, 0.29) is 30.8 Å². The maximum absolute atomic E-state index is 12.5. The van der Waals surface area contributed by atoms with Crippen LogP contribution in [0.25, 0.3) is 0 Å². The fourth-order valence-corrected chi connectivity index (χ4v) is 1.43. The molecule has 6 heteroatoms. The molecule has 0 aliphatic rings. The lowest BCUT2D eigenvalue weighted by atomic mass is 10.1. The van der Waals surface area contributed by atoms with Gasteiger partial charge in [0.2, 0.25) is 0 Å². The molecule has 100 valence electrons. The largest absolute Gasteiger partial charge is 0.479 e. The molecule has 1 rings (SSSR count). The van der Waals surface area contributed by atoms with E-state index in [0.29, 0.717) is 0 Å². The molecule has 0 heterocycles. The molecule has 0 fully saturated rings. The van der Waals surface area contributed by atoms with Gasteiger partial charge in [0.15, 0.2) is 6.10 Å². The van der Waals surface area contributed by atoms with Gasteiger partial charge in [-0.25, -0.2) is 13.6 Å². The third kappa shape index (κ3) is 4.05. The summed E-state index contributed by atoms with van der Waals surface area (Å²) in [4.78, 5) is 11.0. The average Bonchev–Trinajstić information content (AvgIpc) is 2.34. The van der Waals surface area contributed by atoms with E-state index in [1.54, 1.807) is 0 Å². The predicted molar refractivity (Wildman–Crippen MR) is 59.4 cm³/mol. The van der Waals surface area contributed by atoms with E-state index in [2.05, 4.69) is 0 Å². The second kappa shape index (κ2) is 7.03. The van der Waals surface area contributed by atoms with Crippen molar-refractivity contribution in [1.29, 1.82) is 0 Å². The predicted octanol–water partition coefficient (Wildman–Crippen LogP) is 2.15. The summed E-state index contributed by atoms with van der Waals surface area (Å²) in [6.07, 6.45) is -3.66. The van der Waals surface area contributed by atoms with E-state index in [0.717, 1.165) is 6.07 Å². The molecule has 0 spiro atoms. The summed E-state index contributed by atoms with van der Waals surface area (Å²) < 4.78 is 30.1. The summed E-state index contributed by atoms with van der Waals surface area (Å²) >= 11 is 0. The van der Waals surface area contributed by atoms with Crippen molar-refractivity contribution in [2.45, 2.75) is 19.0 Å². The molecule has 0 aliphatic heterocycles. The lowest BCUT2D eigenvalue weighted by molar-refractivity contribution is -0.151. The first-order chi connectivity index (χ1) is 8.56. The summed E-state index contributed by atoms with van der Waals surface area (Å²) in [5, 5.41) is 17.6. The molecular weight excluding hydrogens is 246 g/mol. The summed E-state index contributed by atoms with van der Waals surface area (Å²) in [5.74, 6) is -1.25. The van der Waals surface area contributed by atoms with Crippen LogP contribution in [0.1, 0.15) is 30.1 Å². The Balaban J connectivity index is 2.84. The third-order valence-corrected chi connectivity index (χ3v) is 2.28. The standard InChI is InChI=1S/C12H14F2O4/c13-11(14)9-4-1-3-8(7-9)10(12(16)17)18-6-2-5-15/h1,3-4,7,10-11,15H,2,5-6H2,(H,16,17). The van der Waals surface area contributed by atoms with Crippen molar-refractivity contribution >= 4 is 5.97 Å². The highest BCUT2D eigenvalue weighted by Gasteiger charge is 2.21. The van der Waals surface area contributed by atoms with Crippen LogP contribution < -0.4 is 0 Å². The van der Waals surface area contributed by atoms with Gasteiger partial charge in [0.1, 0.15) is 0 Å². The maximum atomic E-state index is 12.5. The van der Waals surface area contributed by atoms with E-state index in [4.69, 9.17) is 14.9 Å². The fraction of sp³-hybridized carbons (Fsp3) is 0.417. The summed E-state index contributed by atoms with van der Waals surface area (Å²) in [7, 11) is 0. The number of benzene rings is 1. The van der Waals surface area contributed by atoms with E-state index >= 15 is 0 Å². The van der Waals surface area contributed by atoms with Crippen LogP contribution >= 0.6 is 0 Å². The monoisotopic (exact) mass is 260 g/mol. The Labute approximate surface area is 103 Å². The second-order valence-electron chi connectivity index (χ2n) is 3.64. The number of carbonyl (C=O) groups is 1. The Kier molecular flexibility index (Phi) is 5.67. The molecule has 0 saturated carbocycles. The zero-order valence-electron chi connectivity index (χ0n) is 9.55. The van der Waals surface area contributed by atoms with Gasteiger partial charge in [-0.05, 0) is 18.1 Å². The lowest BCUT2D eigenvalue weighted by Crippen LogP contribution is -2.16. The van der Waals surface area contributed by atoms with E-state index in [9.17, 15) is 13.6 Å². The van der Waals surface area contributed by atoms with Gasteiger partial charge in [-0.15, -0.1) is 0 Å². The van der Waals surface area contributed by atoms with Crippen LogP contribution in [0.5, 0.6) is 0 Å². The molecule has 0 amide bonds. The van der Waals surface area contributed by atoms with Gasteiger partial charge < -0.3 is 14.9 Å². The van der Waals surface area contributed by atoms with Crippen molar-refractivity contribution < 1.29 is 28.5 Å². The van der Waals surface area contributed by atoms with Gasteiger partial charge in [-0.3, -0.25) is 0 Å². The summed E-state index contributed by atoms with van der Waals surface area (Å²) in [6, 6.07) is 5.12. The van der Waals surface area contributed by atoms with Gasteiger partial charge in [-0.1, -0.05) is 18.2 Å². The van der Waals surface area contributed by atoms with Crippen LogP contribution in [0.15, 0.2) is 24.3 Å². The highest BCUT2D eigenvalue weighted by molar-refractivity contribution is 5.74. The third-order valence-electron chi connectivity index (χ3n) is 2.28. The maximum Gasteiger partial charge on any atom is 0.337 e. The molecular formula is C12H14F2O4. The zero-order chi connectivity index (χ0) is 13.5. The van der Waals surface area contributed by atoms with E-state index in [1.165, 1.54) is 18.2 Å². The van der Waals surface area contributed by atoms with Gasteiger partial charge >= 0.3 is 5.97 Å². The van der Waals surface area contributed by atoms with Crippen molar-refractivity contribution in [3.63, 3.8) is 0 Å². The van der Waals surface area contributed by atoms with Crippen LogP contribution in [0, 0.1) is 0 Å². The molecule has 2 N–H and O–H groups in total. The summed E-state index contributed by atoms with van der Waals surface area (Å²) in [5.41, 5.74) is -0.0808. The van der Waals surface area contributed by atoms with Crippen molar-refractivity contribution in [3.8, 4) is 0 Å². The number of aliphatic hydroxyl groups excluding tert-OH is 1. The SMILES string of the molecule is O=C(O)C(OCCCO)c1cccc(C(F)F)c1. The van der Waals surface area contributed by atoms with E-state index in [1.807, 2.05) is 0 Å². The minimum atomic E-state index is -2.66. The fourth-order valence-electron chi connectivity index (χ4n) is 1.43. The summed E-state index contributed by atoms with van der Waals surface area (Å²) in [6.45, 7) is -0.0736. The number of hydrogen-bond acceptors (Lipinski definition) is 3. The number of hydrogen-bond donors (Lipinski definition) is 2. The first-order valence-corrected chi connectivity index (χ1v) is 5.39.